The molecule has 4 heteroatoms. The molecule has 5 rings (SSSR count). The number of hydrogen-bond donors (Lipinski definition) is 0. The van der Waals surface area contributed by atoms with Crippen LogP contribution in [0.1, 0.15) is 39.9 Å². The third kappa shape index (κ3) is 2.61. The van der Waals surface area contributed by atoms with Gasteiger partial charge in [0.2, 0.25) is 5.91 Å². The van der Waals surface area contributed by atoms with Gasteiger partial charge in [0.05, 0.1) is 0 Å². The van der Waals surface area contributed by atoms with Crippen LogP contribution < -0.4 is 4.90 Å². The Morgan fingerprint density at radius 2 is 1.65 bits per heavy atom. The molecule has 0 radical (unpaired) electrons. The van der Waals surface area contributed by atoms with E-state index in [4.69, 9.17) is 0 Å². The van der Waals surface area contributed by atoms with Gasteiger partial charge in [-0.15, -0.1) is 0 Å². The molecule has 0 unspecified atom stereocenters. The molecule has 132 valence electrons. The normalized spacial score (nSPS) is 18.5. The molecule has 4 nitrogen and oxygen atoms in total. The summed E-state index contributed by atoms with van der Waals surface area (Å²) in [7, 11) is 0. The van der Waals surface area contributed by atoms with Crippen molar-refractivity contribution in [3.05, 3.63) is 64.7 Å². The van der Waals surface area contributed by atoms with Crippen molar-refractivity contribution in [2.24, 2.45) is 5.92 Å². The highest BCUT2D eigenvalue weighted by Crippen LogP contribution is 2.37. The molecule has 2 aromatic rings. The zero-order valence-electron chi connectivity index (χ0n) is 14.8. The van der Waals surface area contributed by atoms with Crippen LogP contribution in [0.15, 0.2) is 42.5 Å². The summed E-state index contributed by atoms with van der Waals surface area (Å²) >= 11 is 0. The van der Waals surface area contributed by atoms with E-state index < -0.39 is 0 Å². The van der Waals surface area contributed by atoms with Crippen LogP contribution in [0.3, 0.4) is 0 Å². The standard InChI is InChI=1S/C22H22N2O2/c25-21(23-11-9-15-3-1-2-4-19(15)14-23)18-7-8-20-17(13-18)10-12-24(20)22(26)16-5-6-16/h1-4,7-8,13,16H,5-6,9-12,14H2. The van der Waals surface area contributed by atoms with Crippen LogP contribution >= 0.6 is 0 Å². The van der Waals surface area contributed by atoms with Crippen molar-refractivity contribution in [1.29, 1.82) is 0 Å². The number of hydrogen-bond acceptors (Lipinski definition) is 2. The van der Waals surface area contributed by atoms with Crippen molar-refractivity contribution < 1.29 is 9.59 Å². The molecule has 2 aromatic carbocycles. The van der Waals surface area contributed by atoms with Gasteiger partial charge in [-0.1, -0.05) is 24.3 Å². The highest BCUT2D eigenvalue weighted by atomic mass is 16.2. The summed E-state index contributed by atoms with van der Waals surface area (Å²) in [5.74, 6) is 0.584. The van der Waals surface area contributed by atoms with E-state index in [2.05, 4.69) is 18.2 Å². The molecular formula is C22H22N2O2. The smallest absolute Gasteiger partial charge is 0.254 e. The Morgan fingerprint density at radius 1 is 0.885 bits per heavy atom. The molecule has 0 spiro atoms. The van der Waals surface area contributed by atoms with Gasteiger partial charge in [0.15, 0.2) is 0 Å². The fourth-order valence-corrected chi connectivity index (χ4v) is 4.17. The summed E-state index contributed by atoms with van der Waals surface area (Å²) < 4.78 is 0. The van der Waals surface area contributed by atoms with E-state index in [1.807, 2.05) is 34.1 Å². The molecule has 3 aliphatic rings. The topological polar surface area (TPSA) is 40.6 Å². The van der Waals surface area contributed by atoms with Crippen LogP contribution in [0.4, 0.5) is 5.69 Å². The monoisotopic (exact) mass is 346 g/mol. The summed E-state index contributed by atoms with van der Waals surface area (Å²) in [5, 5.41) is 0. The van der Waals surface area contributed by atoms with Gasteiger partial charge in [0, 0.05) is 36.8 Å². The Hall–Kier alpha value is -2.62. The minimum absolute atomic E-state index is 0.0919. The molecule has 1 fully saturated rings. The van der Waals surface area contributed by atoms with Crippen molar-refractivity contribution in [2.75, 3.05) is 18.0 Å². The molecule has 0 N–H and O–H groups in total. The molecule has 2 aliphatic heterocycles. The van der Waals surface area contributed by atoms with Crippen LogP contribution in [-0.2, 0) is 24.2 Å². The lowest BCUT2D eigenvalue weighted by atomic mass is 9.99. The minimum atomic E-state index is 0.0919. The van der Waals surface area contributed by atoms with Gasteiger partial charge in [0.1, 0.15) is 0 Å². The maximum absolute atomic E-state index is 13.0. The van der Waals surface area contributed by atoms with Gasteiger partial charge in [-0.25, -0.2) is 0 Å². The second-order valence-electron chi connectivity index (χ2n) is 7.60. The van der Waals surface area contributed by atoms with Crippen molar-refractivity contribution in [1.82, 2.24) is 4.90 Å². The Balaban J connectivity index is 1.36. The molecule has 0 atom stereocenters. The number of amides is 2. The first-order valence-corrected chi connectivity index (χ1v) is 9.51. The van der Waals surface area contributed by atoms with Gasteiger partial charge in [-0.05, 0) is 60.6 Å². The first-order valence-electron chi connectivity index (χ1n) is 9.51. The fourth-order valence-electron chi connectivity index (χ4n) is 4.17. The molecule has 26 heavy (non-hydrogen) atoms. The third-order valence-corrected chi connectivity index (χ3v) is 5.83. The lowest BCUT2D eigenvalue weighted by molar-refractivity contribution is -0.119. The Kier molecular flexibility index (Phi) is 3.59. The Bertz CT molecular complexity index is 901. The van der Waals surface area contributed by atoms with E-state index in [1.165, 1.54) is 11.1 Å². The summed E-state index contributed by atoms with van der Waals surface area (Å²) in [5.41, 5.74) is 5.46. The summed E-state index contributed by atoms with van der Waals surface area (Å²) in [6, 6.07) is 14.2. The molecule has 2 amide bonds. The van der Waals surface area contributed by atoms with Gasteiger partial charge >= 0.3 is 0 Å². The van der Waals surface area contributed by atoms with E-state index in [9.17, 15) is 9.59 Å². The number of nitrogens with zero attached hydrogens (tertiary/aromatic N) is 2. The van der Waals surface area contributed by atoms with Crippen molar-refractivity contribution in [3.8, 4) is 0 Å². The highest BCUT2D eigenvalue weighted by molar-refractivity contribution is 6.00. The molecule has 0 bridgehead atoms. The summed E-state index contributed by atoms with van der Waals surface area (Å²) in [6.45, 7) is 2.19. The van der Waals surface area contributed by atoms with Crippen LogP contribution in [0, 0.1) is 5.92 Å². The number of rotatable bonds is 2. The maximum atomic E-state index is 13.0. The first kappa shape index (κ1) is 15.6. The fraction of sp³-hybridized carbons (Fsp3) is 0.364. The molecule has 0 saturated heterocycles. The van der Waals surface area contributed by atoms with E-state index >= 15 is 0 Å². The van der Waals surface area contributed by atoms with Gasteiger partial charge < -0.3 is 9.80 Å². The Morgan fingerprint density at radius 3 is 2.46 bits per heavy atom. The van der Waals surface area contributed by atoms with Crippen molar-refractivity contribution in [2.45, 2.75) is 32.2 Å². The predicted octanol–water partition coefficient (Wildman–Crippen LogP) is 3.18. The Labute approximate surface area is 153 Å². The highest BCUT2D eigenvalue weighted by Gasteiger charge is 2.36. The van der Waals surface area contributed by atoms with E-state index in [-0.39, 0.29) is 17.7 Å². The molecular weight excluding hydrogens is 324 g/mol. The van der Waals surface area contributed by atoms with E-state index in [1.54, 1.807) is 0 Å². The van der Waals surface area contributed by atoms with Crippen molar-refractivity contribution >= 4 is 17.5 Å². The summed E-state index contributed by atoms with van der Waals surface area (Å²) in [6.07, 6.45) is 3.81. The zero-order chi connectivity index (χ0) is 17.7. The van der Waals surface area contributed by atoms with Gasteiger partial charge in [-0.3, -0.25) is 9.59 Å². The average Bonchev–Trinajstić information content (AvgIpc) is 3.45. The van der Waals surface area contributed by atoms with E-state index in [0.29, 0.717) is 6.54 Å². The predicted molar refractivity (Wildman–Crippen MR) is 100 cm³/mol. The lowest BCUT2D eigenvalue weighted by Crippen LogP contribution is -2.36. The third-order valence-electron chi connectivity index (χ3n) is 5.83. The maximum Gasteiger partial charge on any atom is 0.254 e. The number of carbonyl (C=O) groups excluding carboxylic acids is 2. The molecule has 1 saturated carbocycles. The first-order chi connectivity index (χ1) is 12.7. The number of benzene rings is 2. The molecule has 1 aliphatic carbocycles. The van der Waals surface area contributed by atoms with Crippen LogP contribution in [-0.4, -0.2) is 29.8 Å². The summed E-state index contributed by atoms with van der Waals surface area (Å²) in [4.78, 5) is 29.2. The lowest BCUT2D eigenvalue weighted by Gasteiger charge is -2.29. The largest absolute Gasteiger partial charge is 0.334 e. The SMILES string of the molecule is O=C(c1ccc2c(c1)CCN2C(=O)C1CC1)N1CCc2ccccc2C1. The van der Waals surface area contributed by atoms with Gasteiger partial charge in [-0.2, -0.15) is 0 Å². The molecule has 0 aromatic heterocycles. The second kappa shape index (κ2) is 5.97. The number of anilines is 1. The number of fused-ring (bicyclic) bond motifs is 2. The second-order valence-corrected chi connectivity index (χ2v) is 7.60. The van der Waals surface area contributed by atoms with Crippen LogP contribution in [0.2, 0.25) is 0 Å². The zero-order valence-corrected chi connectivity index (χ0v) is 14.8. The van der Waals surface area contributed by atoms with Crippen LogP contribution in [0.5, 0.6) is 0 Å². The van der Waals surface area contributed by atoms with E-state index in [0.717, 1.165) is 55.6 Å². The van der Waals surface area contributed by atoms with Crippen molar-refractivity contribution in [3.63, 3.8) is 0 Å². The minimum Gasteiger partial charge on any atom is -0.334 e. The van der Waals surface area contributed by atoms with Crippen LogP contribution in [0.25, 0.3) is 0 Å². The molecule has 2 heterocycles. The average molecular weight is 346 g/mol. The van der Waals surface area contributed by atoms with Gasteiger partial charge in [0.25, 0.3) is 5.91 Å². The number of carbonyl (C=O) groups is 2. The quantitative estimate of drug-likeness (QED) is 0.838.